The summed E-state index contributed by atoms with van der Waals surface area (Å²) >= 11 is 1.31. The summed E-state index contributed by atoms with van der Waals surface area (Å²) in [4.78, 5) is 28.8. The molecular formula is C11H9F3N4O2S. The molecule has 0 saturated carbocycles. The molecule has 0 aliphatic rings. The summed E-state index contributed by atoms with van der Waals surface area (Å²) < 4.78 is 37.5. The van der Waals surface area contributed by atoms with Crippen molar-refractivity contribution < 1.29 is 18.0 Å². The van der Waals surface area contributed by atoms with Gasteiger partial charge in [0.05, 0.1) is 12.1 Å². The fourth-order valence-electron chi connectivity index (χ4n) is 1.40. The zero-order chi connectivity index (χ0) is 15.5. The Hall–Kier alpha value is -2.36. The van der Waals surface area contributed by atoms with Gasteiger partial charge in [-0.25, -0.2) is 9.78 Å². The monoisotopic (exact) mass is 318 g/mol. The molecule has 112 valence electrons. The second-order valence-electron chi connectivity index (χ2n) is 3.86. The number of rotatable bonds is 3. The van der Waals surface area contributed by atoms with E-state index >= 15 is 0 Å². The number of halogens is 3. The van der Waals surface area contributed by atoms with Crippen molar-refractivity contribution in [1.29, 1.82) is 0 Å². The zero-order valence-electron chi connectivity index (χ0n) is 10.3. The predicted molar refractivity (Wildman–Crippen MR) is 70.0 cm³/mol. The van der Waals surface area contributed by atoms with Crippen LogP contribution in [0.4, 0.5) is 23.7 Å². The van der Waals surface area contributed by atoms with E-state index in [-0.39, 0.29) is 6.54 Å². The maximum Gasteiger partial charge on any atom is 0.417 e. The number of carbonyl (C=O) groups is 1. The third-order valence-electron chi connectivity index (χ3n) is 2.36. The molecule has 21 heavy (non-hydrogen) atoms. The van der Waals surface area contributed by atoms with Gasteiger partial charge in [-0.2, -0.15) is 13.2 Å². The lowest BCUT2D eigenvalue weighted by Crippen LogP contribution is -2.31. The average molecular weight is 318 g/mol. The normalized spacial score (nSPS) is 11.2. The Labute approximate surface area is 120 Å². The third-order valence-corrected chi connectivity index (χ3v) is 3.14. The summed E-state index contributed by atoms with van der Waals surface area (Å²) in [6, 6.07) is -0.225. The number of carbonyl (C=O) groups excluding carboxylic acids is 1. The third kappa shape index (κ3) is 4.05. The lowest BCUT2D eigenvalue weighted by Gasteiger charge is -2.09. The van der Waals surface area contributed by atoms with E-state index in [0.717, 1.165) is 0 Å². The first-order valence-corrected chi connectivity index (χ1v) is 6.47. The molecule has 0 radical (unpaired) electrons. The zero-order valence-corrected chi connectivity index (χ0v) is 11.1. The molecule has 0 fully saturated rings. The van der Waals surface area contributed by atoms with Gasteiger partial charge < -0.3 is 15.6 Å². The summed E-state index contributed by atoms with van der Waals surface area (Å²) in [5.41, 5.74) is -2.37. The van der Waals surface area contributed by atoms with Crippen molar-refractivity contribution in [2.75, 3.05) is 5.32 Å². The molecule has 0 aliphatic carbocycles. The Kier molecular flexibility index (Phi) is 4.26. The van der Waals surface area contributed by atoms with E-state index in [4.69, 9.17) is 0 Å². The van der Waals surface area contributed by atoms with Crippen LogP contribution >= 0.6 is 11.3 Å². The van der Waals surface area contributed by atoms with Gasteiger partial charge in [-0.05, 0) is 6.07 Å². The number of urea groups is 1. The Morgan fingerprint density at radius 3 is 2.81 bits per heavy atom. The number of nitrogens with zero attached hydrogens (tertiary/aromatic N) is 1. The molecule has 2 heterocycles. The molecule has 6 nitrogen and oxygen atoms in total. The quantitative estimate of drug-likeness (QED) is 0.810. The van der Waals surface area contributed by atoms with Crippen molar-refractivity contribution in [3.8, 4) is 0 Å². The summed E-state index contributed by atoms with van der Waals surface area (Å²) in [7, 11) is 0. The van der Waals surface area contributed by atoms with Crippen LogP contribution in [0.2, 0.25) is 0 Å². The molecule has 0 atom stereocenters. The van der Waals surface area contributed by atoms with Gasteiger partial charge in [0.15, 0.2) is 0 Å². The largest absolute Gasteiger partial charge is 0.417 e. The number of anilines is 1. The van der Waals surface area contributed by atoms with E-state index in [1.165, 1.54) is 11.3 Å². The number of hydrogen-bond acceptors (Lipinski definition) is 4. The molecule has 2 amide bonds. The van der Waals surface area contributed by atoms with Gasteiger partial charge in [-0.1, -0.05) is 0 Å². The van der Waals surface area contributed by atoms with Crippen LogP contribution in [0.1, 0.15) is 10.6 Å². The van der Waals surface area contributed by atoms with Gasteiger partial charge in [0.25, 0.3) is 5.56 Å². The lowest BCUT2D eigenvalue weighted by atomic mass is 10.2. The lowest BCUT2D eigenvalue weighted by molar-refractivity contribution is -0.137. The number of nitrogens with one attached hydrogen (secondary N) is 3. The highest BCUT2D eigenvalue weighted by molar-refractivity contribution is 7.09. The molecule has 10 heteroatoms. The van der Waals surface area contributed by atoms with Crippen LogP contribution in [0.5, 0.6) is 0 Å². The number of thiazole rings is 1. The Morgan fingerprint density at radius 1 is 1.43 bits per heavy atom. The Morgan fingerprint density at radius 2 is 2.19 bits per heavy atom. The Bertz CT molecular complexity index is 682. The van der Waals surface area contributed by atoms with Gasteiger partial charge in [-0.3, -0.25) is 4.79 Å². The van der Waals surface area contributed by atoms with Crippen LogP contribution in [-0.2, 0) is 12.7 Å². The fraction of sp³-hybridized carbons (Fsp3) is 0.182. The maximum atomic E-state index is 12.5. The minimum Gasteiger partial charge on any atom is -0.331 e. The fourth-order valence-corrected chi connectivity index (χ4v) is 1.96. The van der Waals surface area contributed by atoms with Crippen LogP contribution in [0.15, 0.2) is 28.6 Å². The molecule has 0 bridgehead atoms. The van der Waals surface area contributed by atoms with E-state index in [1.807, 2.05) is 4.98 Å². The second-order valence-corrected chi connectivity index (χ2v) is 4.84. The van der Waals surface area contributed by atoms with Crippen molar-refractivity contribution in [1.82, 2.24) is 15.3 Å². The van der Waals surface area contributed by atoms with Crippen LogP contribution in [0.3, 0.4) is 0 Å². The molecular weight excluding hydrogens is 309 g/mol. The average Bonchev–Trinajstić information content (AvgIpc) is 2.91. The standard InChI is InChI=1S/C11H9F3N4O2S/c12-11(13,14)6-3-7(9(19)16-4-6)18-10(20)17-5-8-15-1-2-21-8/h1-4H,5H2,(H,16,19)(H2,17,18,20). The van der Waals surface area contributed by atoms with Gasteiger partial charge in [-0.15, -0.1) is 11.3 Å². The summed E-state index contributed by atoms with van der Waals surface area (Å²) in [6.45, 7) is 0.111. The minimum absolute atomic E-state index is 0.111. The van der Waals surface area contributed by atoms with Gasteiger partial charge in [0.2, 0.25) is 0 Å². The topological polar surface area (TPSA) is 86.9 Å². The van der Waals surface area contributed by atoms with Crippen molar-refractivity contribution in [3.63, 3.8) is 0 Å². The molecule has 0 aliphatic heterocycles. The highest BCUT2D eigenvalue weighted by atomic mass is 32.1. The SMILES string of the molecule is O=C(NCc1nccs1)Nc1cc(C(F)(F)F)c[nH]c1=O. The highest BCUT2D eigenvalue weighted by Crippen LogP contribution is 2.29. The number of amides is 2. The molecule has 0 spiro atoms. The molecule has 0 saturated heterocycles. The number of H-pyrrole nitrogens is 1. The molecule has 3 N–H and O–H groups in total. The van der Waals surface area contributed by atoms with Crippen LogP contribution < -0.4 is 16.2 Å². The molecule has 2 aromatic heterocycles. The first kappa shape index (κ1) is 15.0. The minimum atomic E-state index is -4.61. The van der Waals surface area contributed by atoms with Gasteiger partial charge in [0.1, 0.15) is 10.7 Å². The molecule has 2 aromatic rings. The summed E-state index contributed by atoms with van der Waals surface area (Å²) in [5, 5.41) is 6.79. The van der Waals surface area contributed by atoms with E-state index in [0.29, 0.717) is 17.3 Å². The van der Waals surface area contributed by atoms with Crippen LogP contribution in [-0.4, -0.2) is 16.0 Å². The van der Waals surface area contributed by atoms with Gasteiger partial charge >= 0.3 is 12.2 Å². The van der Waals surface area contributed by atoms with Gasteiger partial charge in [0, 0.05) is 17.8 Å². The Balaban J connectivity index is 2.04. The maximum absolute atomic E-state index is 12.5. The molecule has 0 aromatic carbocycles. The van der Waals surface area contributed by atoms with Crippen LogP contribution in [0.25, 0.3) is 0 Å². The predicted octanol–water partition coefficient (Wildman–Crippen LogP) is 2.17. The number of aromatic nitrogens is 2. The molecule has 2 rings (SSSR count). The number of alkyl halides is 3. The second kappa shape index (κ2) is 5.95. The smallest absolute Gasteiger partial charge is 0.331 e. The van der Waals surface area contributed by atoms with Crippen molar-refractivity contribution in [2.24, 2.45) is 0 Å². The van der Waals surface area contributed by atoms with E-state index < -0.39 is 29.0 Å². The molecule has 0 unspecified atom stereocenters. The van der Waals surface area contributed by atoms with E-state index in [2.05, 4.69) is 15.6 Å². The number of pyridine rings is 1. The van der Waals surface area contributed by atoms with E-state index in [1.54, 1.807) is 11.6 Å². The number of hydrogen-bond donors (Lipinski definition) is 3. The van der Waals surface area contributed by atoms with E-state index in [9.17, 15) is 22.8 Å². The van der Waals surface area contributed by atoms with Crippen LogP contribution in [0, 0.1) is 0 Å². The summed E-state index contributed by atoms with van der Waals surface area (Å²) in [5.74, 6) is 0. The number of aromatic amines is 1. The van der Waals surface area contributed by atoms with Crippen molar-refractivity contribution in [3.05, 3.63) is 44.8 Å². The van der Waals surface area contributed by atoms with Crippen molar-refractivity contribution >= 4 is 23.1 Å². The van der Waals surface area contributed by atoms with Crippen molar-refractivity contribution in [2.45, 2.75) is 12.7 Å². The summed E-state index contributed by atoms with van der Waals surface area (Å²) in [6.07, 6.45) is -2.52. The first-order valence-electron chi connectivity index (χ1n) is 5.59. The highest BCUT2D eigenvalue weighted by Gasteiger charge is 2.31. The first-order chi connectivity index (χ1) is 9.86.